The molecule has 2 aliphatic heterocycles. The average Bonchev–Trinajstić information content (AvgIpc) is 3.28. The number of aliphatic hydroxyl groups excluding tert-OH is 1. The molecule has 180 valence electrons. The molecule has 32 heavy (non-hydrogen) atoms. The first-order chi connectivity index (χ1) is 15.2. The van der Waals surface area contributed by atoms with Gasteiger partial charge in [-0.05, 0) is 56.3 Å². The number of carbonyl (C=O) groups is 2. The molecule has 0 aromatic heterocycles. The lowest BCUT2D eigenvalue weighted by atomic mass is 9.69. The van der Waals surface area contributed by atoms with Gasteiger partial charge in [-0.1, -0.05) is 46.1 Å². The van der Waals surface area contributed by atoms with Gasteiger partial charge in [0.15, 0.2) is 0 Å². The van der Waals surface area contributed by atoms with Crippen molar-refractivity contribution in [2.75, 3.05) is 6.61 Å². The zero-order chi connectivity index (χ0) is 23.1. The Bertz CT molecular complexity index is 741. The Labute approximate surface area is 192 Å². The molecule has 2 saturated heterocycles. The molecular formula is C26H40O6. The van der Waals surface area contributed by atoms with Crippen molar-refractivity contribution in [3.63, 3.8) is 0 Å². The van der Waals surface area contributed by atoms with Crippen LogP contribution in [-0.4, -0.2) is 47.1 Å². The Morgan fingerprint density at radius 1 is 1.12 bits per heavy atom. The van der Waals surface area contributed by atoms with Gasteiger partial charge < -0.3 is 19.3 Å². The lowest BCUT2D eigenvalue weighted by Gasteiger charge is -2.52. The molecule has 6 nitrogen and oxygen atoms in total. The number of aliphatic hydroxyl groups is 1. The number of carbonyl (C=O) groups excluding carboxylic acids is 2. The van der Waals surface area contributed by atoms with Crippen LogP contribution in [0.5, 0.6) is 0 Å². The van der Waals surface area contributed by atoms with E-state index < -0.39 is 29.9 Å². The van der Waals surface area contributed by atoms with Gasteiger partial charge in [0.05, 0.1) is 0 Å². The molecule has 0 radical (unpaired) electrons. The van der Waals surface area contributed by atoms with Crippen LogP contribution < -0.4 is 0 Å². The number of esters is 2. The Morgan fingerprint density at radius 2 is 1.84 bits per heavy atom. The van der Waals surface area contributed by atoms with Gasteiger partial charge in [-0.25, -0.2) is 9.59 Å². The molecule has 2 saturated carbocycles. The van der Waals surface area contributed by atoms with Crippen LogP contribution in [0.1, 0.15) is 79.1 Å². The van der Waals surface area contributed by atoms with E-state index in [9.17, 15) is 14.7 Å². The fourth-order valence-corrected chi connectivity index (χ4v) is 7.15. The van der Waals surface area contributed by atoms with E-state index in [4.69, 9.17) is 14.2 Å². The Hall–Kier alpha value is -1.40. The topological polar surface area (TPSA) is 82.1 Å². The SMILES string of the molecule is CC(C)C12C[C@@H](OC(=O)CO)[C@@](C)(O1)[C@@H]1CC[C@@H](C)[C@H]1[C@@H]2OC(=O)/C=C/C1CCCCC1. The minimum absolute atomic E-state index is 0.0773. The van der Waals surface area contributed by atoms with Crippen molar-refractivity contribution >= 4 is 11.9 Å². The van der Waals surface area contributed by atoms with Crippen LogP contribution in [0, 0.1) is 29.6 Å². The third-order valence-corrected chi connectivity index (χ3v) is 8.95. The molecule has 4 fully saturated rings. The summed E-state index contributed by atoms with van der Waals surface area (Å²) in [5, 5.41) is 9.27. The third-order valence-electron chi connectivity index (χ3n) is 8.95. The zero-order valence-corrected chi connectivity index (χ0v) is 20.0. The molecule has 0 aromatic rings. The van der Waals surface area contributed by atoms with Crippen molar-refractivity contribution in [3.05, 3.63) is 12.2 Å². The molecule has 2 aliphatic carbocycles. The normalized spacial score (nSPS) is 41.8. The lowest BCUT2D eigenvalue weighted by molar-refractivity contribution is -0.264. The van der Waals surface area contributed by atoms with Crippen LogP contribution in [0.4, 0.5) is 0 Å². The highest BCUT2D eigenvalue weighted by Gasteiger charge is 2.72. The van der Waals surface area contributed by atoms with Gasteiger partial charge in [0.25, 0.3) is 0 Å². The third kappa shape index (κ3) is 4.02. The number of rotatable bonds is 6. The molecule has 7 atom stereocenters. The number of fused-ring (bicyclic) bond motifs is 4. The summed E-state index contributed by atoms with van der Waals surface area (Å²) in [6.07, 6.45) is 11.3. The van der Waals surface area contributed by atoms with Crippen molar-refractivity contribution in [3.8, 4) is 0 Å². The maximum absolute atomic E-state index is 13.0. The average molecular weight is 449 g/mol. The molecule has 4 rings (SSSR count). The van der Waals surface area contributed by atoms with Crippen LogP contribution in [-0.2, 0) is 23.8 Å². The van der Waals surface area contributed by atoms with Gasteiger partial charge in [0.1, 0.15) is 30.0 Å². The second-order valence-corrected chi connectivity index (χ2v) is 11.1. The quantitative estimate of drug-likeness (QED) is 0.485. The van der Waals surface area contributed by atoms with Crippen molar-refractivity contribution in [2.24, 2.45) is 29.6 Å². The van der Waals surface area contributed by atoms with Gasteiger partial charge in [0.2, 0.25) is 0 Å². The van der Waals surface area contributed by atoms with Crippen LogP contribution in [0.3, 0.4) is 0 Å². The van der Waals surface area contributed by atoms with Crippen molar-refractivity contribution in [1.29, 1.82) is 0 Å². The molecule has 2 heterocycles. The fourth-order valence-electron chi connectivity index (χ4n) is 7.15. The minimum atomic E-state index is -0.705. The van der Waals surface area contributed by atoms with Crippen LogP contribution in [0.2, 0.25) is 0 Å². The predicted octanol–water partition coefficient (Wildman–Crippen LogP) is 4.19. The molecule has 4 aliphatic rings. The molecule has 0 spiro atoms. The lowest BCUT2D eigenvalue weighted by Crippen LogP contribution is -2.62. The molecule has 2 bridgehead atoms. The van der Waals surface area contributed by atoms with Gasteiger partial charge in [-0.3, -0.25) is 0 Å². The Morgan fingerprint density at radius 3 is 2.50 bits per heavy atom. The van der Waals surface area contributed by atoms with Crippen molar-refractivity contribution in [1.82, 2.24) is 0 Å². The summed E-state index contributed by atoms with van der Waals surface area (Å²) in [5.41, 5.74) is -1.34. The largest absolute Gasteiger partial charge is 0.457 e. The van der Waals surface area contributed by atoms with Gasteiger partial charge in [0, 0.05) is 18.4 Å². The molecule has 1 unspecified atom stereocenters. The summed E-state index contributed by atoms with van der Waals surface area (Å²) in [7, 11) is 0. The van der Waals surface area contributed by atoms with E-state index in [1.807, 2.05) is 13.0 Å². The maximum atomic E-state index is 13.0. The van der Waals surface area contributed by atoms with E-state index >= 15 is 0 Å². The van der Waals surface area contributed by atoms with Crippen LogP contribution in [0.15, 0.2) is 12.2 Å². The summed E-state index contributed by atoms with van der Waals surface area (Å²) >= 11 is 0. The first-order valence-corrected chi connectivity index (χ1v) is 12.6. The van der Waals surface area contributed by atoms with E-state index in [0.29, 0.717) is 18.3 Å². The predicted molar refractivity (Wildman–Crippen MR) is 120 cm³/mol. The fraction of sp³-hybridized carbons (Fsp3) is 0.846. The monoisotopic (exact) mass is 448 g/mol. The van der Waals surface area contributed by atoms with Crippen molar-refractivity contribution in [2.45, 2.75) is 102 Å². The highest BCUT2D eigenvalue weighted by molar-refractivity contribution is 5.82. The van der Waals surface area contributed by atoms with E-state index in [-0.39, 0.29) is 29.8 Å². The standard InChI is InChI=1S/C26H40O6/c1-16(2)26-14-20(30-22(29)15-27)25(4,32-26)19-12-10-17(3)23(19)24(26)31-21(28)13-11-18-8-6-5-7-9-18/h11,13,16-20,23-24,27H,5-10,12,14-15H2,1-4H3/b13-11+/t17-,19-,20-,23-,24+,25+,26?/m1/s1. The van der Waals surface area contributed by atoms with Crippen LogP contribution >= 0.6 is 0 Å². The highest BCUT2D eigenvalue weighted by atomic mass is 16.6. The summed E-state index contributed by atoms with van der Waals surface area (Å²) in [6, 6.07) is 0. The molecule has 0 amide bonds. The number of hydrogen-bond donors (Lipinski definition) is 1. The second kappa shape index (κ2) is 9.09. The van der Waals surface area contributed by atoms with Gasteiger partial charge >= 0.3 is 11.9 Å². The molecule has 1 N–H and O–H groups in total. The van der Waals surface area contributed by atoms with Crippen molar-refractivity contribution < 1.29 is 28.9 Å². The maximum Gasteiger partial charge on any atom is 0.332 e. The minimum Gasteiger partial charge on any atom is -0.457 e. The van der Waals surface area contributed by atoms with Gasteiger partial charge in [-0.2, -0.15) is 0 Å². The molecule has 0 aromatic carbocycles. The molecular weight excluding hydrogens is 408 g/mol. The smallest absolute Gasteiger partial charge is 0.332 e. The highest BCUT2D eigenvalue weighted by Crippen LogP contribution is 2.63. The number of hydrogen-bond acceptors (Lipinski definition) is 6. The first kappa shape index (κ1) is 23.7. The number of allylic oxidation sites excluding steroid dienone is 1. The number of ether oxygens (including phenoxy) is 3. The summed E-state index contributed by atoms with van der Waals surface area (Å²) < 4.78 is 18.8. The summed E-state index contributed by atoms with van der Waals surface area (Å²) in [5.74, 6) is 0.333. The van der Waals surface area contributed by atoms with E-state index in [1.54, 1.807) is 6.08 Å². The zero-order valence-electron chi connectivity index (χ0n) is 20.0. The second-order valence-electron chi connectivity index (χ2n) is 11.1. The van der Waals surface area contributed by atoms with E-state index in [1.165, 1.54) is 19.3 Å². The summed E-state index contributed by atoms with van der Waals surface area (Å²) in [6.45, 7) is 7.82. The van der Waals surface area contributed by atoms with E-state index in [2.05, 4.69) is 20.8 Å². The Kier molecular flexibility index (Phi) is 6.75. The van der Waals surface area contributed by atoms with E-state index in [0.717, 1.165) is 25.7 Å². The Balaban J connectivity index is 1.61. The molecule has 6 heteroatoms. The summed E-state index contributed by atoms with van der Waals surface area (Å²) in [4.78, 5) is 25.0. The first-order valence-electron chi connectivity index (χ1n) is 12.6. The van der Waals surface area contributed by atoms with Crippen LogP contribution in [0.25, 0.3) is 0 Å². The van der Waals surface area contributed by atoms with Gasteiger partial charge in [-0.15, -0.1) is 0 Å².